The molecule has 0 saturated heterocycles. The minimum Gasteiger partial charge on any atom is -0.465 e. The summed E-state index contributed by atoms with van der Waals surface area (Å²) in [6, 6.07) is 20.0. The molecule has 0 amide bonds. The number of esters is 1. The first-order valence-electron chi connectivity index (χ1n) is 10.2. The van der Waals surface area contributed by atoms with E-state index < -0.39 is 0 Å². The van der Waals surface area contributed by atoms with Gasteiger partial charge in [0.25, 0.3) is 0 Å². The highest BCUT2D eigenvalue weighted by Gasteiger charge is 2.29. The Labute approximate surface area is 200 Å². The van der Waals surface area contributed by atoms with E-state index in [1.54, 1.807) is 6.21 Å². The molecular weight excluding hydrogens is 484 g/mol. The number of hydrogen-bond donors (Lipinski definition) is 1. The van der Waals surface area contributed by atoms with E-state index in [2.05, 4.69) is 39.1 Å². The van der Waals surface area contributed by atoms with E-state index in [1.807, 2.05) is 48.7 Å². The Kier molecular flexibility index (Phi) is 6.82. The predicted molar refractivity (Wildman–Crippen MR) is 137 cm³/mol. The number of carbonyl (C=O) groups is 1. The maximum Gasteiger partial charge on any atom is 0.339 e. The summed E-state index contributed by atoms with van der Waals surface area (Å²) in [5.41, 5.74) is 13.5. The van der Waals surface area contributed by atoms with Crippen LogP contribution in [0, 0.1) is 0 Å². The van der Waals surface area contributed by atoms with Gasteiger partial charge < -0.3 is 10.5 Å². The van der Waals surface area contributed by atoms with Crippen molar-refractivity contribution >= 4 is 51.1 Å². The SMILES string of the molecule is COC(=O)c1c(SC)cc(-c2ccc(Br)cc2)c2c1C(C=Nc1ccccc1)=C(N)CC2. The average molecular weight is 507 g/mol. The van der Waals surface area contributed by atoms with Crippen molar-refractivity contribution in [1.29, 1.82) is 0 Å². The first-order chi connectivity index (χ1) is 15.5. The molecule has 0 unspecified atom stereocenters. The molecule has 0 aromatic heterocycles. The van der Waals surface area contributed by atoms with Crippen LogP contribution in [0.1, 0.15) is 27.9 Å². The van der Waals surface area contributed by atoms with Crippen molar-refractivity contribution in [2.24, 2.45) is 10.7 Å². The van der Waals surface area contributed by atoms with Crippen molar-refractivity contribution in [3.05, 3.63) is 87.5 Å². The van der Waals surface area contributed by atoms with Crippen molar-refractivity contribution in [2.45, 2.75) is 17.7 Å². The predicted octanol–water partition coefficient (Wildman–Crippen LogP) is 6.64. The van der Waals surface area contributed by atoms with Crippen molar-refractivity contribution in [1.82, 2.24) is 0 Å². The smallest absolute Gasteiger partial charge is 0.339 e. The normalized spacial score (nSPS) is 13.3. The lowest BCUT2D eigenvalue weighted by Gasteiger charge is -2.26. The molecular formula is C26H23BrN2O2S. The van der Waals surface area contributed by atoms with Crippen LogP contribution in [-0.4, -0.2) is 25.5 Å². The molecule has 0 heterocycles. The van der Waals surface area contributed by atoms with E-state index in [9.17, 15) is 4.79 Å². The fourth-order valence-electron chi connectivity index (χ4n) is 3.96. The number of methoxy groups -OCH3 is 1. The van der Waals surface area contributed by atoms with Crippen LogP contribution in [0.3, 0.4) is 0 Å². The number of benzene rings is 3. The Morgan fingerprint density at radius 2 is 1.84 bits per heavy atom. The average Bonchev–Trinajstić information content (AvgIpc) is 2.83. The first kappa shape index (κ1) is 22.4. The first-order valence-corrected chi connectivity index (χ1v) is 12.2. The monoisotopic (exact) mass is 506 g/mol. The molecule has 0 saturated carbocycles. The number of nitrogens with two attached hydrogens (primary N) is 1. The molecule has 32 heavy (non-hydrogen) atoms. The molecule has 6 heteroatoms. The molecule has 0 spiro atoms. The van der Waals surface area contributed by atoms with Gasteiger partial charge in [-0.05, 0) is 66.1 Å². The molecule has 1 aliphatic rings. The number of halogens is 1. The summed E-state index contributed by atoms with van der Waals surface area (Å²) in [6.07, 6.45) is 5.19. The summed E-state index contributed by atoms with van der Waals surface area (Å²) in [5, 5.41) is 0. The maximum absolute atomic E-state index is 12.9. The van der Waals surface area contributed by atoms with Crippen molar-refractivity contribution < 1.29 is 9.53 Å². The molecule has 1 aliphatic carbocycles. The van der Waals surface area contributed by atoms with E-state index in [1.165, 1.54) is 18.9 Å². The van der Waals surface area contributed by atoms with Crippen LogP contribution in [0.5, 0.6) is 0 Å². The van der Waals surface area contributed by atoms with E-state index in [4.69, 9.17) is 10.5 Å². The third-order valence-electron chi connectivity index (χ3n) is 5.52. The molecule has 0 atom stereocenters. The quantitative estimate of drug-likeness (QED) is 0.239. The van der Waals surface area contributed by atoms with Crippen LogP contribution in [0.15, 0.2) is 80.7 Å². The van der Waals surface area contributed by atoms with Crippen LogP contribution < -0.4 is 5.73 Å². The second kappa shape index (κ2) is 9.76. The number of rotatable bonds is 5. The lowest BCUT2D eigenvalue weighted by Crippen LogP contribution is -2.18. The zero-order chi connectivity index (χ0) is 22.7. The Hall–Kier alpha value is -2.83. The van der Waals surface area contributed by atoms with E-state index >= 15 is 0 Å². The van der Waals surface area contributed by atoms with Crippen molar-refractivity contribution in [3.8, 4) is 11.1 Å². The summed E-state index contributed by atoms with van der Waals surface area (Å²) in [5.74, 6) is -0.367. The van der Waals surface area contributed by atoms with Gasteiger partial charge in [-0.1, -0.05) is 46.3 Å². The van der Waals surface area contributed by atoms with Gasteiger partial charge in [0.2, 0.25) is 0 Å². The molecule has 2 N–H and O–H groups in total. The summed E-state index contributed by atoms with van der Waals surface area (Å²) < 4.78 is 6.21. The number of para-hydroxylation sites is 1. The van der Waals surface area contributed by atoms with Gasteiger partial charge in [-0.15, -0.1) is 11.8 Å². The van der Waals surface area contributed by atoms with Crippen LogP contribution in [0.4, 0.5) is 5.69 Å². The fourth-order valence-corrected chi connectivity index (χ4v) is 4.85. The van der Waals surface area contributed by atoms with Gasteiger partial charge in [-0.25, -0.2) is 4.79 Å². The summed E-state index contributed by atoms with van der Waals surface area (Å²) in [4.78, 5) is 18.4. The Morgan fingerprint density at radius 3 is 2.50 bits per heavy atom. The number of ether oxygens (including phenoxy) is 1. The van der Waals surface area contributed by atoms with Crippen molar-refractivity contribution in [3.63, 3.8) is 0 Å². The standard InChI is InChI=1S/C26H23BrN2O2S/c1-31-26(30)25-23(32-2)14-20(16-8-10-17(27)11-9-16)19-12-13-22(28)21(24(19)25)15-29-18-6-4-3-5-7-18/h3-11,14-15H,12-13,28H2,1-2H3. The van der Waals surface area contributed by atoms with Crippen LogP contribution >= 0.6 is 27.7 Å². The number of hydrogen-bond acceptors (Lipinski definition) is 5. The molecule has 0 bridgehead atoms. The molecule has 3 aromatic rings. The highest BCUT2D eigenvalue weighted by molar-refractivity contribution is 9.10. The fraction of sp³-hybridized carbons (Fsp3) is 0.154. The lowest BCUT2D eigenvalue weighted by atomic mass is 9.81. The summed E-state index contributed by atoms with van der Waals surface area (Å²) in [6.45, 7) is 0. The van der Waals surface area contributed by atoms with Gasteiger partial charge in [0.05, 0.1) is 18.4 Å². The third-order valence-corrected chi connectivity index (χ3v) is 6.81. The van der Waals surface area contributed by atoms with Crippen molar-refractivity contribution in [2.75, 3.05) is 13.4 Å². The zero-order valence-electron chi connectivity index (χ0n) is 17.9. The largest absolute Gasteiger partial charge is 0.465 e. The lowest BCUT2D eigenvalue weighted by molar-refractivity contribution is 0.0596. The molecule has 162 valence electrons. The topological polar surface area (TPSA) is 64.7 Å². The number of allylic oxidation sites excluding steroid dienone is 2. The Balaban J connectivity index is 1.98. The number of aliphatic imine (C=N–C) groups is 1. The van der Waals surface area contributed by atoms with Gasteiger partial charge in [0, 0.05) is 32.4 Å². The molecule has 0 aliphatic heterocycles. The Morgan fingerprint density at radius 1 is 1.12 bits per heavy atom. The third kappa shape index (κ3) is 4.38. The van der Waals surface area contributed by atoms with E-state index in [0.717, 1.165) is 55.0 Å². The number of carbonyl (C=O) groups excluding carboxylic acids is 1. The highest BCUT2D eigenvalue weighted by atomic mass is 79.9. The van der Waals surface area contributed by atoms with Gasteiger partial charge in [-0.3, -0.25) is 4.99 Å². The molecule has 0 radical (unpaired) electrons. The van der Waals surface area contributed by atoms with Crippen LogP contribution in [-0.2, 0) is 11.2 Å². The van der Waals surface area contributed by atoms with E-state index in [-0.39, 0.29) is 5.97 Å². The molecule has 4 rings (SSSR count). The minimum atomic E-state index is -0.367. The highest BCUT2D eigenvalue weighted by Crippen LogP contribution is 2.42. The van der Waals surface area contributed by atoms with Crippen LogP contribution in [0.2, 0.25) is 0 Å². The summed E-state index contributed by atoms with van der Waals surface area (Å²) >= 11 is 5.04. The minimum absolute atomic E-state index is 0.367. The van der Waals surface area contributed by atoms with Crippen LogP contribution in [0.25, 0.3) is 16.7 Å². The number of nitrogens with zero attached hydrogens (tertiary/aromatic N) is 1. The van der Waals surface area contributed by atoms with Gasteiger partial charge >= 0.3 is 5.97 Å². The number of thioether (sulfide) groups is 1. The number of fused-ring (bicyclic) bond motifs is 1. The molecule has 3 aromatic carbocycles. The van der Waals surface area contributed by atoms with Gasteiger partial charge in [-0.2, -0.15) is 0 Å². The second-order valence-electron chi connectivity index (χ2n) is 7.39. The zero-order valence-corrected chi connectivity index (χ0v) is 20.3. The Bertz CT molecular complexity index is 1220. The molecule has 0 fully saturated rings. The van der Waals surface area contributed by atoms with Gasteiger partial charge in [0.15, 0.2) is 0 Å². The summed E-state index contributed by atoms with van der Waals surface area (Å²) in [7, 11) is 1.41. The van der Waals surface area contributed by atoms with Gasteiger partial charge in [0.1, 0.15) is 0 Å². The maximum atomic E-state index is 12.9. The van der Waals surface area contributed by atoms with E-state index in [0.29, 0.717) is 12.0 Å². The second-order valence-corrected chi connectivity index (χ2v) is 9.15. The molecule has 4 nitrogen and oxygen atoms in total.